The van der Waals surface area contributed by atoms with E-state index in [0.29, 0.717) is 17.5 Å². The Balaban J connectivity index is 2.09. The zero-order valence-electron chi connectivity index (χ0n) is 12.5. The minimum Gasteiger partial charge on any atom is -0.393 e. The predicted molar refractivity (Wildman–Crippen MR) is 76.7 cm³/mol. The van der Waals surface area contributed by atoms with E-state index in [4.69, 9.17) is 0 Å². The van der Waals surface area contributed by atoms with E-state index in [9.17, 15) is 5.11 Å². The third-order valence-electron chi connectivity index (χ3n) is 5.67. The van der Waals surface area contributed by atoms with E-state index < -0.39 is 0 Å². The lowest BCUT2D eigenvalue weighted by molar-refractivity contribution is -0.0305. The molecule has 1 spiro atoms. The van der Waals surface area contributed by atoms with Crippen LogP contribution in [0, 0.1) is 5.41 Å². The quantitative estimate of drug-likeness (QED) is 0.828. The second-order valence-electron chi connectivity index (χ2n) is 6.82. The first-order valence-electron chi connectivity index (χ1n) is 7.99. The van der Waals surface area contributed by atoms with Gasteiger partial charge in [0.25, 0.3) is 0 Å². The molecule has 2 aliphatic rings. The minimum absolute atomic E-state index is 0.0579. The lowest BCUT2D eigenvalue weighted by Gasteiger charge is -2.49. The van der Waals surface area contributed by atoms with Gasteiger partial charge >= 0.3 is 0 Å². The Bertz CT molecular complexity index is 260. The average Bonchev–Trinajstić information content (AvgIpc) is 2.81. The fourth-order valence-electron chi connectivity index (χ4n) is 4.44. The standard InChI is InChI=1S/C16H31NO/c1-4-7-13(2)17(3)15-12-14(18)8-11-16(15)9-5-6-10-16/h13-15,18H,4-12H2,1-3H3. The van der Waals surface area contributed by atoms with E-state index in [1.807, 2.05) is 0 Å². The van der Waals surface area contributed by atoms with Gasteiger partial charge in [-0.15, -0.1) is 0 Å². The lowest BCUT2D eigenvalue weighted by atomic mass is 9.67. The van der Waals surface area contributed by atoms with Gasteiger partial charge in [-0.3, -0.25) is 0 Å². The van der Waals surface area contributed by atoms with Crippen molar-refractivity contribution < 1.29 is 5.11 Å². The Morgan fingerprint density at radius 1 is 1.28 bits per heavy atom. The minimum atomic E-state index is -0.0579. The zero-order chi connectivity index (χ0) is 13.2. The van der Waals surface area contributed by atoms with E-state index in [-0.39, 0.29) is 6.10 Å². The van der Waals surface area contributed by atoms with Crippen LogP contribution in [0.25, 0.3) is 0 Å². The highest BCUT2D eigenvalue weighted by atomic mass is 16.3. The predicted octanol–water partition coefficient (Wildman–Crippen LogP) is 3.58. The Morgan fingerprint density at radius 2 is 1.94 bits per heavy atom. The molecule has 2 fully saturated rings. The number of aliphatic hydroxyl groups excluding tert-OH is 1. The van der Waals surface area contributed by atoms with Crippen molar-refractivity contribution in [1.82, 2.24) is 4.90 Å². The molecule has 0 saturated heterocycles. The molecule has 0 bridgehead atoms. The molecule has 2 rings (SSSR count). The van der Waals surface area contributed by atoms with Crippen molar-refractivity contribution in [2.75, 3.05) is 7.05 Å². The SMILES string of the molecule is CCCC(C)N(C)C1CC(O)CCC12CCCC2. The molecule has 0 amide bonds. The van der Waals surface area contributed by atoms with Crippen molar-refractivity contribution in [2.24, 2.45) is 5.41 Å². The first kappa shape index (κ1) is 14.3. The molecule has 3 atom stereocenters. The van der Waals surface area contributed by atoms with Crippen LogP contribution in [-0.2, 0) is 0 Å². The first-order chi connectivity index (χ1) is 8.59. The van der Waals surface area contributed by atoms with Crippen molar-refractivity contribution in [3.63, 3.8) is 0 Å². The van der Waals surface area contributed by atoms with Gasteiger partial charge in [0.15, 0.2) is 0 Å². The van der Waals surface area contributed by atoms with Gasteiger partial charge in [-0.05, 0) is 57.9 Å². The third-order valence-corrected chi connectivity index (χ3v) is 5.67. The zero-order valence-corrected chi connectivity index (χ0v) is 12.5. The number of hydrogen-bond donors (Lipinski definition) is 1. The van der Waals surface area contributed by atoms with E-state index >= 15 is 0 Å². The second-order valence-corrected chi connectivity index (χ2v) is 6.82. The molecule has 0 heterocycles. The molecule has 2 heteroatoms. The van der Waals surface area contributed by atoms with Crippen LogP contribution in [0.2, 0.25) is 0 Å². The van der Waals surface area contributed by atoms with Crippen LogP contribution in [0.4, 0.5) is 0 Å². The van der Waals surface area contributed by atoms with Gasteiger partial charge in [0.05, 0.1) is 6.10 Å². The normalized spacial score (nSPS) is 33.2. The molecule has 0 aliphatic heterocycles. The number of hydrogen-bond acceptors (Lipinski definition) is 2. The summed E-state index contributed by atoms with van der Waals surface area (Å²) in [5, 5.41) is 10.1. The Labute approximate surface area is 113 Å². The number of aliphatic hydroxyl groups is 1. The van der Waals surface area contributed by atoms with Crippen LogP contribution >= 0.6 is 0 Å². The topological polar surface area (TPSA) is 23.5 Å². The average molecular weight is 253 g/mol. The van der Waals surface area contributed by atoms with Crippen LogP contribution < -0.4 is 0 Å². The van der Waals surface area contributed by atoms with E-state index in [2.05, 4.69) is 25.8 Å². The molecule has 0 aromatic rings. The van der Waals surface area contributed by atoms with Gasteiger partial charge < -0.3 is 10.0 Å². The molecule has 0 radical (unpaired) electrons. The summed E-state index contributed by atoms with van der Waals surface area (Å²) in [7, 11) is 2.29. The summed E-state index contributed by atoms with van der Waals surface area (Å²) in [6.45, 7) is 4.62. The second kappa shape index (κ2) is 5.92. The highest BCUT2D eigenvalue weighted by Crippen LogP contribution is 2.51. The summed E-state index contributed by atoms with van der Waals surface area (Å²) >= 11 is 0. The summed E-state index contributed by atoms with van der Waals surface area (Å²) in [5.41, 5.74) is 0.538. The molecule has 18 heavy (non-hydrogen) atoms. The molecule has 1 N–H and O–H groups in total. The van der Waals surface area contributed by atoms with Crippen molar-refractivity contribution >= 4 is 0 Å². The number of rotatable bonds is 4. The maximum absolute atomic E-state index is 10.1. The lowest BCUT2D eigenvalue weighted by Crippen LogP contribution is -2.52. The van der Waals surface area contributed by atoms with E-state index in [1.165, 1.54) is 44.9 Å². The number of nitrogens with zero attached hydrogens (tertiary/aromatic N) is 1. The van der Waals surface area contributed by atoms with Gasteiger partial charge in [0.2, 0.25) is 0 Å². The maximum Gasteiger partial charge on any atom is 0.0555 e. The third kappa shape index (κ3) is 2.75. The first-order valence-corrected chi connectivity index (χ1v) is 7.99. The highest BCUT2D eigenvalue weighted by molar-refractivity contribution is 5.00. The van der Waals surface area contributed by atoms with Gasteiger partial charge in [-0.25, -0.2) is 0 Å². The van der Waals surface area contributed by atoms with Crippen molar-refractivity contribution in [3.8, 4) is 0 Å². The van der Waals surface area contributed by atoms with Crippen LogP contribution in [-0.4, -0.2) is 35.2 Å². The summed E-state index contributed by atoms with van der Waals surface area (Å²) in [6, 6.07) is 1.27. The van der Waals surface area contributed by atoms with E-state index in [1.54, 1.807) is 0 Å². The smallest absolute Gasteiger partial charge is 0.0555 e. The Hall–Kier alpha value is -0.0800. The van der Waals surface area contributed by atoms with Crippen molar-refractivity contribution in [3.05, 3.63) is 0 Å². The fourth-order valence-corrected chi connectivity index (χ4v) is 4.44. The molecule has 0 aromatic heterocycles. The Morgan fingerprint density at radius 3 is 2.56 bits per heavy atom. The monoisotopic (exact) mass is 253 g/mol. The summed E-state index contributed by atoms with van der Waals surface area (Å²) in [6.07, 6.45) is 11.4. The molecule has 106 valence electrons. The van der Waals surface area contributed by atoms with Crippen molar-refractivity contribution in [2.45, 2.75) is 89.8 Å². The van der Waals surface area contributed by atoms with Crippen LogP contribution in [0.15, 0.2) is 0 Å². The van der Waals surface area contributed by atoms with Gasteiger partial charge in [0.1, 0.15) is 0 Å². The molecule has 0 aromatic carbocycles. The van der Waals surface area contributed by atoms with Gasteiger partial charge in [-0.1, -0.05) is 26.2 Å². The van der Waals surface area contributed by atoms with E-state index in [0.717, 1.165) is 12.8 Å². The maximum atomic E-state index is 10.1. The van der Waals surface area contributed by atoms with Crippen LogP contribution in [0.3, 0.4) is 0 Å². The van der Waals surface area contributed by atoms with Gasteiger partial charge in [-0.2, -0.15) is 0 Å². The van der Waals surface area contributed by atoms with Crippen LogP contribution in [0.5, 0.6) is 0 Å². The molecule has 3 unspecified atom stereocenters. The highest BCUT2D eigenvalue weighted by Gasteiger charge is 2.46. The Kier molecular flexibility index (Phi) is 4.71. The largest absolute Gasteiger partial charge is 0.393 e. The molecule has 2 nitrogen and oxygen atoms in total. The van der Waals surface area contributed by atoms with Crippen molar-refractivity contribution in [1.29, 1.82) is 0 Å². The fraction of sp³-hybridized carbons (Fsp3) is 1.00. The van der Waals surface area contributed by atoms with Crippen LogP contribution in [0.1, 0.15) is 71.6 Å². The molecular weight excluding hydrogens is 222 g/mol. The summed E-state index contributed by atoms with van der Waals surface area (Å²) in [5.74, 6) is 0. The molecular formula is C16H31NO. The summed E-state index contributed by atoms with van der Waals surface area (Å²) in [4.78, 5) is 2.59. The molecule has 2 saturated carbocycles. The van der Waals surface area contributed by atoms with Gasteiger partial charge in [0, 0.05) is 12.1 Å². The summed E-state index contributed by atoms with van der Waals surface area (Å²) < 4.78 is 0. The molecule has 2 aliphatic carbocycles.